The maximum absolute atomic E-state index is 14.0. The van der Waals surface area contributed by atoms with Crippen LogP contribution in [0.4, 0.5) is 4.39 Å². The zero-order chi connectivity index (χ0) is 13.8. The van der Waals surface area contributed by atoms with Crippen LogP contribution in [-0.4, -0.2) is 16.3 Å². The predicted molar refractivity (Wildman–Crippen MR) is 77.4 cm³/mol. The second-order valence-corrected chi connectivity index (χ2v) is 5.28. The van der Waals surface area contributed by atoms with Crippen LogP contribution in [0.2, 0.25) is 0 Å². The number of aryl methyl sites for hydroxylation is 1. The third-order valence-electron chi connectivity index (χ3n) is 2.98. The molecule has 102 valence electrons. The number of rotatable bonds is 5. The third kappa shape index (κ3) is 3.42. The van der Waals surface area contributed by atoms with Gasteiger partial charge in [-0.15, -0.1) is 0 Å². The van der Waals surface area contributed by atoms with Crippen LogP contribution in [0, 0.1) is 5.82 Å². The third-order valence-corrected chi connectivity index (χ3v) is 3.67. The Balaban J connectivity index is 2.29. The number of likely N-dealkylation sites (N-methyl/N-ethyl adjacent to an activating group) is 1. The van der Waals surface area contributed by atoms with Gasteiger partial charge in [-0.1, -0.05) is 28.9 Å². The first-order valence-electron chi connectivity index (χ1n) is 6.27. The average molecular weight is 326 g/mol. The van der Waals surface area contributed by atoms with E-state index in [1.165, 1.54) is 6.07 Å². The highest BCUT2D eigenvalue weighted by Gasteiger charge is 2.19. The van der Waals surface area contributed by atoms with Crippen molar-refractivity contribution in [3.63, 3.8) is 0 Å². The minimum absolute atomic E-state index is 0.0875. The zero-order valence-corrected chi connectivity index (χ0v) is 12.6. The molecular weight excluding hydrogens is 309 g/mol. The van der Waals surface area contributed by atoms with Crippen LogP contribution in [0.1, 0.15) is 24.2 Å². The lowest BCUT2D eigenvalue weighted by atomic mass is 10.0. The fraction of sp³-hybridized carbons (Fsp3) is 0.357. The highest BCUT2D eigenvalue weighted by molar-refractivity contribution is 9.10. The standard InChI is InChI=1S/C14H17BrFN3/c1-3-17-13(9-10-7-8-19(2)18-10)14-11(15)5-4-6-12(14)16/h4-8,13,17H,3,9H2,1-2H3. The van der Waals surface area contributed by atoms with Crippen LogP contribution in [0.5, 0.6) is 0 Å². The minimum Gasteiger partial charge on any atom is -0.310 e. The topological polar surface area (TPSA) is 29.9 Å². The van der Waals surface area contributed by atoms with E-state index < -0.39 is 0 Å². The molecule has 2 aromatic rings. The van der Waals surface area contributed by atoms with Crippen molar-refractivity contribution in [3.05, 3.63) is 52.0 Å². The Morgan fingerprint density at radius 1 is 1.42 bits per heavy atom. The van der Waals surface area contributed by atoms with E-state index in [0.717, 1.165) is 16.7 Å². The lowest BCUT2D eigenvalue weighted by molar-refractivity contribution is 0.501. The van der Waals surface area contributed by atoms with Gasteiger partial charge >= 0.3 is 0 Å². The lowest BCUT2D eigenvalue weighted by Crippen LogP contribution is -2.24. The molecule has 0 fully saturated rings. The molecule has 0 aliphatic heterocycles. The van der Waals surface area contributed by atoms with Crippen LogP contribution in [-0.2, 0) is 13.5 Å². The highest BCUT2D eigenvalue weighted by atomic mass is 79.9. The summed E-state index contributed by atoms with van der Waals surface area (Å²) in [5.41, 5.74) is 1.61. The monoisotopic (exact) mass is 325 g/mol. The smallest absolute Gasteiger partial charge is 0.129 e. The maximum Gasteiger partial charge on any atom is 0.129 e. The highest BCUT2D eigenvalue weighted by Crippen LogP contribution is 2.28. The van der Waals surface area contributed by atoms with Gasteiger partial charge in [0.25, 0.3) is 0 Å². The van der Waals surface area contributed by atoms with Gasteiger partial charge in [-0.25, -0.2) is 4.39 Å². The Morgan fingerprint density at radius 2 is 2.21 bits per heavy atom. The molecule has 2 rings (SSSR count). The van der Waals surface area contributed by atoms with Gasteiger partial charge in [-0.3, -0.25) is 4.68 Å². The van der Waals surface area contributed by atoms with Crippen LogP contribution in [0.15, 0.2) is 34.9 Å². The lowest BCUT2D eigenvalue weighted by Gasteiger charge is -2.19. The number of hydrogen-bond donors (Lipinski definition) is 1. The first kappa shape index (κ1) is 14.2. The normalized spacial score (nSPS) is 12.6. The van der Waals surface area contributed by atoms with Crippen molar-refractivity contribution in [1.29, 1.82) is 0 Å². The number of nitrogens with zero attached hydrogens (tertiary/aromatic N) is 2. The van der Waals surface area contributed by atoms with Crippen molar-refractivity contribution >= 4 is 15.9 Å². The Labute approximate surface area is 121 Å². The molecule has 1 aromatic carbocycles. The second kappa shape index (κ2) is 6.30. The van der Waals surface area contributed by atoms with Crippen LogP contribution < -0.4 is 5.32 Å². The van der Waals surface area contributed by atoms with Gasteiger partial charge in [0.15, 0.2) is 0 Å². The van der Waals surface area contributed by atoms with Crippen molar-refractivity contribution in [3.8, 4) is 0 Å². The molecule has 3 nitrogen and oxygen atoms in total. The number of halogens is 2. The molecule has 0 amide bonds. The fourth-order valence-electron chi connectivity index (χ4n) is 2.15. The van der Waals surface area contributed by atoms with Gasteiger partial charge in [0.1, 0.15) is 5.82 Å². The summed E-state index contributed by atoms with van der Waals surface area (Å²) < 4.78 is 16.6. The number of benzene rings is 1. The molecule has 19 heavy (non-hydrogen) atoms. The van der Waals surface area contributed by atoms with E-state index in [1.54, 1.807) is 10.7 Å². The molecule has 0 saturated heterocycles. The zero-order valence-electron chi connectivity index (χ0n) is 11.0. The van der Waals surface area contributed by atoms with E-state index in [0.29, 0.717) is 12.0 Å². The van der Waals surface area contributed by atoms with Gasteiger partial charge in [0.2, 0.25) is 0 Å². The summed E-state index contributed by atoms with van der Waals surface area (Å²) in [5, 5.41) is 7.68. The molecule has 0 radical (unpaired) electrons. The summed E-state index contributed by atoms with van der Waals surface area (Å²) in [6.45, 7) is 2.79. The maximum atomic E-state index is 14.0. The van der Waals surface area contributed by atoms with Gasteiger partial charge in [0.05, 0.1) is 5.69 Å². The molecule has 0 aliphatic rings. The van der Waals surface area contributed by atoms with Crippen molar-refractivity contribution < 1.29 is 4.39 Å². The predicted octanol–water partition coefficient (Wildman–Crippen LogP) is 3.22. The van der Waals surface area contributed by atoms with E-state index in [1.807, 2.05) is 32.3 Å². The number of nitrogens with one attached hydrogen (secondary N) is 1. The first-order chi connectivity index (χ1) is 9.11. The van der Waals surface area contributed by atoms with Crippen molar-refractivity contribution in [1.82, 2.24) is 15.1 Å². The molecule has 0 bridgehead atoms. The molecule has 1 atom stereocenters. The Hall–Kier alpha value is -1.20. The average Bonchev–Trinajstić information content (AvgIpc) is 2.75. The Bertz CT molecular complexity index is 533. The van der Waals surface area contributed by atoms with Crippen LogP contribution in [0.3, 0.4) is 0 Å². The van der Waals surface area contributed by atoms with Gasteiger partial charge in [-0.2, -0.15) is 5.10 Å². The van der Waals surface area contributed by atoms with Crippen molar-refractivity contribution in [2.24, 2.45) is 7.05 Å². The molecule has 1 aromatic heterocycles. The summed E-state index contributed by atoms with van der Waals surface area (Å²) in [6, 6.07) is 6.92. The Kier molecular flexibility index (Phi) is 4.71. The van der Waals surface area contributed by atoms with Crippen LogP contribution >= 0.6 is 15.9 Å². The van der Waals surface area contributed by atoms with E-state index in [2.05, 4.69) is 26.3 Å². The summed E-state index contributed by atoms with van der Waals surface area (Å²) >= 11 is 3.43. The van der Waals surface area contributed by atoms with E-state index in [9.17, 15) is 4.39 Å². The Morgan fingerprint density at radius 3 is 2.79 bits per heavy atom. The molecule has 1 N–H and O–H groups in total. The molecule has 1 heterocycles. The molecule has 1 unspecified atom stereocenters. The van der Waals surface area contributed by atoms with E-state index in [-0.39, 0.29) is 11.9 Å². The summed E-state index contributed by atoms with van der Waals surface area (Å²) in [6.07, 6.45) is 2.56. The van der Waals surface area contributed by atoms with Crippen molar-refractivity contribution in [2.75, 3.05) is 6.54 Å². The fourth-order valence-corrected chi connectivity index (χ4v) is 2.77. The van der Waals surface area contributed by atoms with Crippen LogP contribution in [0.25, 0.3) is 0 Å². The molecule has 5 heteroatoms. The molecular formula is C14H17BrFN3. The van der Waals surface area contributed by atoms with Crippen molar-refractivity contribution in [2.45, 2.75) is 19.4 Å². The first-order valence-corrected chi connectivity index (χ1v) is 7.07. The van der Waals surface area contributed by atoms with Gasteiger partial charge in [-0.05, 0) is 24.7 Å². The number of aromatic nitrogens is 2. The minimum atomic E-state index is -0.198. The molecule has 0 spiro atoms. The summed E-state index contributed by atoms with van der Waals surface area (Å²) in [5.74, 6) is -0.198. The SMILES string of the molecule is CCNC(Cc1ccn(C)n1)c1c(F)cccc1Br. The van der Waals surface area contributed by atoms with Gasteiger partial charge < -0.3 is 5.32 Å². The molecule has 0 aliphatic carbocycles. The summed E-state index contributed by atoms with van der Waals surface area (Å²) in [7, 11) is 1.88. The number of hydrogen-bond acceptors (Lipinski definition) is 2. The van der Waals surface area contributed by atoms with Gasteiger partial charge in [0, 0.05) is 35.7 Å². The summed E-state index contributed by atoms with van der Waals surface area (Å²) in [4.78, 5) is 0. The quantitative estimate of drug-likeness (QED) is 0.914. The largest absolute Gasteiger partial charge is 0.310 e. The van der Waals surface area contributed by atoms with E-state index >= 15 is 0 Å². The molecule has 0 saturated carbocycles. The van der Waals surface area contributed by atoms with E-state index in [4.69, 9.17) is 0 Å². The second-order valence-electron chi connectivity index (χ2n) is 4.43.